The summed E-state index contributed by atoms with van der Waals surface area (Å²) in [5.41, 5.74) is 7.78. The highest BCUT2D eigenvalue weighted by atomic mass is 15.2. The Morgan fingerprint density at radius 2 is 1.89 bits per heavy atom. The lowest BCUT2D eigenvalue weighted by Gasteiger charge is -2.27. The monoisotopic (exact) mass is 244 g/mol. The number of hydrogen-bond donors (Lipinski definition) is 1. The maximum atomic E-state index is 5.76. The zero-order valence-electron chi connectivity index (χ0n) is 11.1. The average Bonchev–Trinajstić information content (AvgIpc) is 3.25. The maximum absolute atomic E-state index is 5.76. The van der Waals surface area contributed by atoms with E-state index in [0.717, 1.165) is 19.1 Å². The van der Waals surface area contributed by atoms with Crippen LogP contribution in [0.25, 0.3) is 0 Å². The highest BCUT2D eigenvalue weighted by Crippen LogP contribution is 2.50. The Bertz CT molecular complexity index is 379. The summed E-state index contributed by atoms with van der Waals surface area (Å²) >= 11 is 0. The molecule has 0 unspecified atom stereocenters. The molecule has 1 aromatic rings. The summed E-state index contributed by atoms with van der Waals surface area (Å²) in [6.45, 7) is 3.24. The number of rotatable bonds is 7. The second kappa shape index (κ2) is 5.02. The van der Waals surface area contributed by atoms with Crippen LogP contribution in [-0.4, -0.2) is 24.0 Å². The SMILES string of the molecule is NCCC1(CN(Cc2ccccc2)C2CC2)CC1. The minimum absolute atomic E-state index is 0.576. The van der Waals surface area contributed by atoms with E-state index in [1.807, 2.05) is 0 Å². The molecule has 0 aromatic heterocycles. The van der Waals surface area contributed by atoms with Crippen LogP contribution in [0, 0.1) is 5.41 Å². The summed E-state index contributed by atoms with van der Waals surface area (Å²) in [6, 6.07) is 11.7. The first-order valence-electron chi connectivity index (χ1n) is 7.29. The molecule has 2 N–H and O–H groups in total. The fraction of sp³-hybridized carbons (Fsp3) is 0.625. The topological polar surface area (TPSA) is 29.3 Å². The Balaban J connectivity index is 1.62. The van der Waals surface area contributed by atoms with Crippen LogP contribution in [-0.2, 0) is 6.54 Å². The molecule has 2 nitrogen and oxygen atoms in total. The van der Waals surface area contributed by atoms with E-state index in [4.69, 9.17) is 5.73 Å². The smallest absolute Gasteiger partial charge is 0.0236 e. The lowest BCUT2D eigenvalue weighted by Crippen LogP contribution is -2.33. The molecule has 18 heavy (non-hydrogen) atoms. The lowest BCUT2D eigenvalue weighted by molar-refractivity contribution is 0.196. The zero-order chi connectivity index (χ0) is 12.4. The zero-order valence-corrected chi connectivity index (χ0v) is 11.1. The second-order valence-corrected chi connectivity index (χ2v) is 6.16. The molecule has 2 heteroatoms. The van der Waals surface area contributed by atoms with Gasteiger partial charge in [-0.2, -0.15) is 0 Å². The van der Waals surface area contributed by atoms with Gasteiger partial charge in [0.1, 0.15) is 0 Å². The van der Waals surface area contributed by atoms with Gasteiger partial charge < -0.3 is 5.73 Å². The summed E-state index contributed by atoms with van der Waals surface area (Å²) < 4.78 is 0. The van der Waals surface area contributed by atoms with Gasteiger partial charge in [-0.3, -0.25) is 4.90 Å². The molecular formula is C16H24N2. The molecule has 0 atom stereocenters. The molecular weight excluding hydrogens is 220 g/mol. The Morgan fingerprint density at radius 1 is 1.17 bits per heavy atom. The summed E-state index contributed by atoms with van der Waals surface area (Å²) in [6.07, 6.45) is 6.78. The molecule has 2 aliphatic carbocycles. The van der Waals surface area contributed by atoms with Gasteiger partial charge in [0, 0.05) is 19.1 Å². The van der Waals surface area contributed by atoms with Crippen LogP contribution in [0.3, 0.4) is 0 Å². The number of benzene rings is 1. The third-order valence-electron chi connectivity index (χ3n) is 4.46. The van der Waals surface area contributed by atoms with Crippen molar-refractivity contribution in [2.75, 3.05) is 13.1 Å². The molecule has 2 saturated carbocycles. The maximum Gasteiger partial charge on any atom is 0.0236 e. The van der Waals surface area contributed by atoms with Crippen LogP contribution in [0.15, 0.2) is 30.3 Å². The van der Waals surface area contributed by atoms with E-state index in [1.54, 1.807) is 0 Å². The fourth-order valence-electron chi connectivity index (χ4n) is 2.97. The highest BCUT2D eigenvalue weighted by Gasteiger charge is 2.45. The van der Waals surface area contributed by atoms with Gasteiger partial charge in [0.15, 0.2) is 0 Å². The first kappa shape index (κ1) is 12.2. The van der Waals surface area contributed by atoms with Gasteiger partial charge in [0.05, 0.1) is 0 Å². The second-order valence-electron chi connectivity index (χ2n) is 6.16. The molecule has 0 amide bonds. The molecule has 0 saturated heterocycles. The molecule has 0 radical (unpaired) electrons. The molecule has 1 aromatic carbocycles. The lowest BCUT2D eigenvalue weighted by atomic mass is 10.0. The fourth-order valence-corrected chi connectivity index (χ4v) is 2.97. The quantitative estimate of drug-likeness (QED) is 0.799. The van der Waals surface area contributed by atoms with Gasteiger partial charge in [-0.25, -0.2) is 0 Å². The normalized spacial score (nSPS) is 21.2. The standard InChI is InChI=1S/C16H24N2/c17-11-10-16(8-9-16)13-18(15-6-7-15)12-14-4-2-1-3-5-14/h1-5,15H,6-13,17H2. The Morgan fingerprint density at radius 3 is 2.44 bits per heavy atom. The van der Waals surface area contributed by atoms with E-state index in [2.05, 4.69) is 35.2 Å². The van der Waals surface area contributed by atoms with Crippen molar-refractivity contribution in [3.63, 3.8) is 0 Å². The van der Waals surface area contributed by atoms with Gasteiger partial charge in [-0.15, -0.1) is 0 Å². The van der Waals surface area contributed by atoms with Crippen LogP contribution < -0.4 is 5.73 Å². The molecule has 0 aliphatic heterocycles. The molecule has 0 heterocycles. The van der Waals surface area contributed by atoms with Crippen molar-refractivity contribution < 1.29 is 0 Å². The van der Waals surface area contributed by atoms with Crippen molar-refractivity contribution in [2.45, 2.75) is 44.7 Å². The molecule has 2 aliphatic rings. The Labute approximate surface area is 110 Å². The summed E-state index contributed by atoms with van der Waals surface area (Å²) in [7, 11) is 0. The predicted octanol–water partition coefficient (Wildman–Crippen LogP) is 2.78. The van der Waals surface area contributed by atoms with Crippen molar-refractivity contribution in [3.8, 4) is 0 Å². The van der Waals surface area contributed by atoms with Crippen LogP contribution in [0.4, 0.5) is 0 Å². The largest absolute Gasteiger partial charge is 0.330 e. The van der Waals surface area contributed by atoms with Crippen LogP contribution in [0.2, 0.25) is 0 Å². The Hall–Kier alpha value is -0.860. The minimum Gasteiger partial charge on any atom is -0.330 e. The van der Waals surface area contributed by atoms with Gasteiger partial charge in [0.2, 0.25) is 0 Å². The molecule has 98 valence electrons. The van der Waals surface area contributed by atoms with Crippen molar-refractivity contribution in [1.29, 1.82) is 0 Å². The highest BCUT2D eigenvalue weighted by molar-refractivity contribution is 5.15. The van der Waals surface area contributed by atoms with E-state index >= 15 is 0 Å². The van der Waals surface area contributed by atoms with Crippen molar-refractivity contribution in [1.82, 2.24) is 4.90 Å². The van der Waals surface area contributed by atoms with Crippen LogP contribution in [0.5, 0.6) is 0 Å². The first-order valence-corrected chi connectivity index (χ1v) is 7.29. The van der Waals surface area contributed by atoms with Gasteiger partial charge in [-0.05, 0) is 49.6 Å². The van der Waals surface area contributed by atoms with Crippen LogP contribution >= 0.6 is 0 Å². The molecule has 3 rings (SSSR count). The van der Waals surface area contributed by atoms with Crippen molar-refractivity contribution in [3.05, 3.63) is 35.9 Å². The summed E-state index contributed by atoms with van der Waals surface area (Å²) in [4.78, 5) is 2.71. The van der Waals surface area contributed by atoms with Crippen molar-refractivity contribution >= 4 is 0 Å². The molecule has 2 fully saturated rings. The van der Waals surface area contributed by atoms with E-state index in [9.17, 15) is 0 Å². The Kier molecular flexibility index (Phi) is 3.40. The van der Waals surface area contributed by atoms with Crippen molar-refractivity contribution in [2.24, 2.45) is 11.1 Å². The van der Waals surface area contributed by atoms with E-state index < -0.39 is 0 Å². The summed E-state index contributed by atoms with van der Waals surface area (Å²) in [5, 5.41) is 0. The predicted molar refractivity (Wildman–Crippen MR) is 75.2 cm³/mol. The first-order chi connectivity index (χ1) is 8.81. The average molecular weight is 244 g/mol. The van der Waals surface area contributed by atoms with Gasteiger partial charge in [-0.1, -0.05) is 30.3 Å². The number of nitrogens with two attached hydrogens (primary N) is 1. The van der Waals surface area contributed by atoms with Crippen LogP contribution in [0.1, 0.15) is 37.7 Å². The molecule has 0 bridgehead atoms. The van der Waals surface area contributed by atoms with E-state index in [-0.39, 0.29) is 0 Å². The minimum atomic E-state index is 0.576. The van der Waals surface area contributed by atoms with Gasteiger partial charge in [0.25, 0.3) is 0 Å². The third kappa shape index (κ3) is 2.93. The van der Waals surface area contributed by atoms with E-state index in [1.165, 1.54) is 44.2 Å². The van der Waals surface area contributed by atoms with Gasteiger partial charge >= 0.3 is 0 Å². The number of hydrogen-bond acceptors (Lipinski definition) is 2. The number of nitrogens with zero attached hydrogens (tertiary/aromatic N) is 1. The van der Waals surface area contributed by atoms with E-state index in [0.29, 0.717) is 5.41 Å². The molecule has 0 spiro atoms. The summed E-state index contributed by atoms with van der Waals surface area (Å²) in [5.74, 6) is 0. The third-order valence-corrected chi connectivity index (χ3v) is 4.46.